The SMILES string of the molecule is Cc1ccc(-n2nc(C#N)c(=O)n(Cc3cccc(F)c3)c2=O)cc1C. The van der Waals surface area contributed by atoms with Gasteiger partial charge in [-0.1, -0.05) is 18.2 Å². The van der Waals surface area contributed by atoms with Crippen molar-refractivity contribution in [2.75, 3.05) is 0 Å². The number of hydrogen-bond donors (Lipinski definition) is 0. The molecule has 130 valence electrons. The Balaban J connectivity index is 2.22. The molecule has 0 bridgehead atoms. The molecule has 0 aliphatic carbocycles. The zero-order valence-electron chi connectivity index (χ0n) is 14.2. The van der Waals surface area contributed by atoms with E-state index in [9.17, 15) is 19.2 Å². The first-order valence-corrected chi connectivity index (χ1v) is 7.87. The summed E-state index contributed by atoms with van der Waals surface area (Å²) in [6.07, 6.45) is 0. The number of halogens is 1. The van der Waals surface area contributed by atoms with E-state index in [4.69, 9.17) is 0 Å². The van der Waals surface area contributed by atoms with Gasteiger partial charge in [0.2, 0.25) is 5.69 Å². The molecule has 1 heterocycles. The average Bonchev–Trinajstić information content (AvgIpc) is 2.61. The third-order valence-corrected chi connectivity index (χ3v) is 4.13. The first kappa shape index (κ1) is 17.3. The first-order chi connectivity index (χ1) is 12.4. The van der Waals surface area contributed by atoms with E-state index >= 15 is 0 Å². The van der Waals surface area contributed by atoms with Gasteiger partial charge < -0.3 is 0 Å². The highest BCUT2D eigenvalue weighted by atomic mass is 19.1. The smallest absolute Gasteiger partial charge is 0.266 e. The van der Waals surface area contributed by atoms with E-state index in [1.54, 1.807) is 24.3 Å². The third-order valence-electron chi connectivity index (χ3n) is 4.13. The largest absolute Gasteiger partial charge is 0.352 e. The Morgan fingerprint density at radius 2 is 1.88 bits per heavy atom. The molecule has 0 saturated heterocycles. The number of rotatable bonds is 3. The predicted octanol–water partition coefficient (Wildman–Crippen LogP) is 2.07. The van der Waals surface area contributed by atoms with Gasteiger partial charge in [-0.3, -0.25) is 9.36 Å². The van der Waals surface area contributed by atoms with Crippen molar-refractivity contribution in [1.82, 2.24) is 14.3 Å². The molecule has 0 N–H and O–H groups in total. The van der Waals surface area contributed by atoms with Gasteiger partial charge >= 0.3 is 5.69 Å². The van der Waals surface area contributed by atoms with Crippen LogP contribution in [0.25, 0.3) is 5.69 Å². The van der Waals surface area contributed by atoms with E-state index in [0.29, 0.717) is 11.3 Å². The molecule has 6 nitrogen and oxygen atoms in total. The first-order valence-electron chi connectivity index (χ1n) is 7.87. The van der Waals surface area contributed by atoms with Crippen molar-refractivity contribution in [2.24, 2.45) is 0 Å². The van der Waals surface area contributed by atoms with E-state index < -0.39 is 22.8 Å². The van der Waals surface area contributed by atoms with Crippen molar-refractivity contribution in [3.63, 3.8) is 0 Å². The molecule has 3 aromatic rings. The zero-order valence-corrected chi connectivity index (χ0v) is 14.2. The molecule has 0 fully saturated rings. The molecule has 0 amide bonds. The fourth-order valence-electron chi connectivity index (χ4n) is 2.57. The van der Waals surface area contributed by atoms with E-state index in [-0.39, 0.29) is 6.54 Å². The monoisotopic (exact) mass is 350 g/mol. The minimum Gasteiger partial charge on any atom is -0.266 e. The van der Waals surface area contributed by atoms with Crippen molar-refractivity contribution in [1.29, 1.82) is 5.26 Å². The summed E-state index contributed by atoms with van der Waals surface area (Å²) < 4.78 is 15.3. The molecule has 0 aliphatic rings. The quantitative estimate of drug-likeness (QED) is 0.724. The number of aryl methyl sites for hydroxylation is 2. The lowest BCUT2D eigenvalue weighted by molar-refractivity contribution is 0.600. The van der Waals surface area contributed by atoms with Crippen LogP contribution in [0, 0.1) is 31.0 Å². The summed E-state index contributed by atoms with van der Waals surface area (Å²) in [5, 5.41) is 13.1. The molecule has 0 unspecified atom stereocenters. The number of benzene rings is 2. The van der Waals surface area contributed by atoms with Crippen LogP contribution >= 0.6 is 0 Å². The highest BCUT2D eigenvalue weighted by molar-refractivity contribution is 5.39. The van der Waals surface area contributed by atoms with Crippen LogP contribution in [0.5, 0.6) is 0 Å². The molecule has 1 aromatic heterocycles. The molecular weight excluding hydrogens is 335 g/mol. The Morgan fingerprint density at radius 3 is 2.54 bits per heavy atom. The molecule has 0 saturated carbocycles. The Bertz CT molecular complexity index is 1160. The van der Waals surface area contributed by atoms with Crippen LogP contribution in [-0.2, 0) is 6.54 Å². The van der Waals surface area contributed by atoms with E-state index in [2.05, 4.69) is 5.10 Å². The number of nitriles is 1. The standard InChI is InChI=1S/C19H15FN4O2/c1-12-6-7-16(8-13(12)2)24-19(26)23(18(25)17(10-21)22-24)11-14-4-3-5-15(20)9-14/h3-9H,11H2,1-2H3. The summed E-state index contributed by atoms with van der Waals surface area (Å²) in [4.78, 5) is 25.2. The molecule has 0 aliphatic heterocycles. The maximum atomic E-state index is 13.4. The van der Waals surface area contributed by atoms with Crippen LogP contribution in [0.2, 0.25) is 0 Å². The number of hydrogen-bond acceptors (Lipinski definition) is 4. The Hall–Kier alpha value is -3.53. The van der Waals surface area contributed by atoms with Gasteiger partial charge in [0.15, 0.2) is 0 Å². The number of aromatic nitrogens is 3. The molecule has 0 radical (unpaired) electrons. The van der Waals surface area contributed by atoms with Gasteiger partial charge in [-0.25, -0.2) is 9.18 Å². The third kappa shape index (κ3) is 3.17. The number of nitrogens with zero attached hydrogens (tertiary/aromatic N) is 4. The van der Waals surface area contributed by atoms with Crippen LogP contribution in [0.15, 0.2) is 52.1 Å². The van der Waals surface area contributed by atoms with Crippen LogP contribution in [0.4, 0.5) is 4.39 Å². The second-order valence-electron chi connectivity index (χ2n) is 5.94. The summed E-state index contributed by atoms with van der Waals surface area (Å²) in [6.45, 7) is 3.66. The van der Waals surface area contributed by atoms with Crippen molar-refractivity contribution < 1.29 is 4.39 Å². The zero-order chi connectivity index (χ0) is 18.8. The van der Waals surface area contributed by atoms with E-state index in [0.717, 1.165) is 20.4 Å². The average molecular weight is 350 g/mol. The fraction of sp³-hybridized carbons (Fsp3) is 0.158. The van der Waals surface area contributed by atoms with Gasteiger partial charge in [0.1, 0.15) is 11.9 Å². The molecule has 0 atom stereocenters. The Kier molecular flexibility index (Phi) is 4.50. The van der Waals surface area contributed by atoms with Crippen LogP contribution in [-0.4, -0.2) is 14.3 Å². The van der Waals surface area contributed by atoms with Crippen LogP contribution in [0.3, 0.4) is 0 Å². The van der Waals surface area contributed by atoms with Gasteiger partial charge in [0, 0.05) is 0 Å². The molecule has 0 spiro atoms. The van der Waals surface area contributed by atoms with E-state index in [1.807, 2.05) is 19.9 Å². The van der Waals surface area contributed by atoms with Gasteiger partial charge in [0.25, 0.3) is 5.56 Å². The molecular formula is C19H15FN4O2. The maximum absolute atomic E-state index is 13.4. The van der Waals surface area contributed by atoms with Gasteiger partial charge in [0.05, 0.1) is 12.2 Å². The molecule has 7 heteroatoms. The minimum atomic E-state index is -0.804. The molecule has 3 rings (SSSR count). The van der Waals surface area contributed by atoms with Crippen LogP contribution in [0.1, 0.15) is 22.4 Å². The van der Waals surface area contributed by atoms with Crippen molar-refractivity contribution in [3.05, 3.63) is 91.5 Å². The van der Waals surface area contributed by atoms with Gasteiger partial charge in [-0.05, 0) is 54.8 Å². The summed E-state index contributed by atoms with van der Waals surface area (Å²) in [7, 11) is 0. The maximum Gasteiger partial charge on any atom is 0.352 e. The second kappa shape index (κ2) is 6.76. The topological polar surface area (TPSA) is 80.7 Å². The summed E-state index contributed by atoms with van der Waals surface area (Å²) >= 11 is 0. The summed E-state index contributed by atoms with van der Waals surface area (Å²) in [5.41, 5.74) is 0.962. The van der Waals surface area contributed by atoms with Crippen LogP contribution < -0.4 is 11.2 Å². The normalized spacial score (nSPS) is 10.5. The van der Waals surface area contributed by atoms with E-state index in [1.165, 1.54) is 18.2 Å². The Morgan fingerprint density at radius 1 is 1.12 bits per heavy atom. The minimum absolute atomic E-state index is 0.155. The lowest BCUT2D eigenvalue weighted by Crippen LogP contribution is -2.42. The van der Waals surface area contributed by atoms with Crippen molar-refractivity contribution >= 4 is 0 Å². The lowest BCUT2D eigenvalue weighted by atomic mass is 10.1. The van der Waals surface area contributed by atoms with Gasteiger partial charge in [-0.2, -0.15) is 9.94 Å². The predicted molar refractivity (Wildman–Crippen MR) is 93.8 cm³/mol. The lowest BCUT2D eigenvalue weighted by Gasteiger charge is -2.11. The highest BCUT2D eigenvalue weighted by Gasteiger charge is 2.15. The molecule has 2 aromatic carbocycles. The fourth-order valence-corrected chi connectivity index (χ4v) is 2.57. The highest BCUT2D eigenvalue weighted by Crippen LogP contribution is 2.12. The Labute approximate surface area is 148 Å². The summed E-state index contributed by atoms with van der Waals surface area (Å²) in [6, 6.07) is 12.6. The molecule has 26 heavy (non-hydrogen) atoms. The summed E-state index contributed by atoms with van der Waals surface area (Å²) in [5.74, 6) is -0.473. The second-order valence-corrected chi connectivity index (χ2v) is 5.94. The van der Waals surface area contributed by atoms with Crippen molar-refractivity contribution in [2.45, 2.75) is 20.4 Å². The van der Waals surface area contributed by atoms with Crippen molar-refractivity contribution in [3.8, 4) is 11.8 Å². The van der Waals surface area contributed by atoms with Gasteiger partial charge in [-0.15, -0.1) is 5.10 Å².